The molecule has 0 spiro atoms. The fourth-order valence-corrected chi connectivity index (χ4v) is 1.92. The number of aryl methyl sites for hydroxylation is 2. The molecule has 5 heteroatoms. The first-order valence-corrected chi connectivity index (χ1v) is 7.35. The minimum atomic E-state index is -0.307. The van der Waals surface area contributed by atoms with Crippen molar-refractivity contribution >= 4 is 17.3 Å². The molecular formula is C18H21N3O2. The first kappa shape index (κ1) is 16.5. The minimum Gasteiger partial charge on any atom is -0.484 e. The van der Waals surface area contributed by atoms with Crippen LogP contribution in [0, 0.1) is 13.8 Å². The van der Waals surface area contributed by atoms with E-state index < -0.39 is 0 Å². The Morgan fingerprint density at radius 1 is 1.13 bits per heavy atom. The average Bonchev–Trinajstić information content (AvgIpc) is 2.54. The molecule has 0 aliphatic carbocycles. The van der Waals surface area contributed by atoms with Crippen molar-refractivity contribution in [1.29, 1.82) is 0 Å². The van der Waals surface area contributed by atoms with Crippen molar-refractivity contribution in [3.63, 3.8) is 0 Å². The van der Waals surface area contributed by atoms with E-state index in [0.717, 1.165) is 11.1 Å². The molecule has 23 heavy (non-hydrogen) atoms. The average molecular weight is 311 g/mol. The predicted octanol–water partition coefficient (Wildman–Crippen LogP) is 2.80. The van der Waals surface area contributed by atoms with E-state index in [-0.39, 0.29) is 12.5 Å². The first-order chi connectivity index (χ1) is 11.0. The minimum absolute atomic E-state index is 0.0823. The van der Waals surface area contributed by atoms with E-state index in [1.54, 1.807) is 12.1 Å². The van der Waals surface area contributed by atoms with Crippen molar-refractivity contribution in [3.05, 3.63) is 59.2 Å². The number of nitrogens with two attached hydrogens (primary N) is 1. The van der Waals surface area contributed by atoms with Crippen LogP contribution in [0.2, 0.25) is 0 Å². The third-order valence-electron chi connectivity index (χ3n) is 3.53. The lowest BCUT2D eigenvalue weighted by atomic mass is 10.1. The summed E-state index contributed by atoms with van der Waals surface area (Å²) in [5, 5.41) is 4.06. The molecular weight excluding hydrogens is 290 g/mol. The molecule has 0 radical (unpaired) electrons. The van der Waals surface area contributed by atoms with Crippen molar-refractivity contribution in [1.82, 2.24) is 5.43 Å². The van der Waals surface area contributed by atoms with Gasteiger partial charge in [0, 0.05) is 5.69 Å². The second kappa shape index (κ2) is 7.45. The Balaban J connectivity index is 1.88. The Labute approximate surface area is 136 Å². The van der Waals surface area contributed by atoms with Crippen LogP contribution in [0.3, 0.4) is 0 Å². The zero-order valence-corrected chi connectivity index (χ0v) is 13.6. The van der Waals surface area contributed by atoms with Gasteiger partial charge in [0.1, 0.15) is 5.75 Å². The third kappa shape index (κ3) is 4.85. The van der Waals surface area contributed by atoms with E-state index in [0.29, 0.717) is 17.1 Å². The van der Waals surface area contributed by atoms with Crippen LogP contribution in [-0.4, -0.2) is 18.2 Å². The number of nitrogens with one attached hydrogen (secondary N) is 1. The quantitative estimate of drug-likeness (QED) is 0.506. The third-order valence-corrected chi connectivity index (χ3v) is 3.53. The van der Waals surface area contributed by atoms with Crippen LogP contribution in [-0.2, 0) is 4.79 Å². The summed E-state index contributed by atoms with van der Waals surface area (Å²) < 4.78 is 5.46. The maximum absolute atomic E-state index is 11.8. The molecule has 0 aliphatic rings. The smallest absolute Gasteiger partial charge is 0.277 e. The van der Waals surface area contributed by atoms with Gasteiger partial charge in [-0.15, -0.1) is 0 Å². The number of hydrogen-bond donors (Lipinski definition) is 2. The fraction of sp³-hybridized carbons (Fsp3) is 0.222. The molecule has 0 bridgehead atoms. The van der Waals surface area contributed by atoms with Crippen molar-refractivity contribution in [2.45, 2.75) is 20.8 Å². The van der Waals surface area contributed by atoms with Crippen LogP contribution in [0.1, 0.15) is 23.6 Å². The van der Waals surface area contributed by atoms with Crippen molar-refractivity contribution in [2.24, 2.45) is 5.10 Å². The molecule has 0 unspecified atom stereocenters. The van der Waals surface area contributed by atoms with E-state index in [9.17, 15) is 4.79 Å². The zero-order chi connectivity index (χ0) is 16.8. The topological polar surface area (TPSA) is 76.7 Å². The molecule has 0 heterocycles. The van der Waals surface area contributed by atoms with Gasteiger partial charge in [-0.3, -0.25) is 4.79 Å². The van der Waals surface area contributed by atoms with Crippen LogP contribution in [0.5, 0.6) is 5.75 Å². The Kier molecular flexibility index (Phi) is 5.36. The van der Waals surface area contributed by atoms with Gasteiger partial charge in [-0.2, -0.15) is 5.10 Å². The monoisotopic (exact) mass is 311 g/mol. The summed E-state index contributed by atoms with van der Waals surface area (Å²) in [6.45, 7) is 5.76. The summed E-state index contributed by atoms with van der Waals surface area (Å²) in [4.78, 5) is 11.8. The Bertz CT molecular complexity index is 722. The van der Waals surface area contributed by atoms with E-state index in [1.165, 1.54) is 5.56 Å². The molecule has 3 N–H and O–H groups in total. The Morgan fingerprint density at radius 2 is 1.83 bits per heavy atom. The lowest BCUT2D eigenvalue weighted by Gasteiger charge is -2.08. The number of anilines is 1. The highest BCUT2D eigenvalue weighted by atomic mass is 16.5. The highest BCUT2D eigenvalue weighted by molar-refractivity contribution is 5.99. The molecule has 2 aromatic rings. The SMILES string of the molecule is C/C(=N/NC(=O)COc1ccc(C)c(C)c1)c1ccc(N)cc1. The number of benzene rings is 2. The molecule has 0 aliphatic heterocycles. The second-order valence-electron chi connectivity index (χ2n) is 5.39. The second-order valence-corrected chi connectivity index (χ2v) is 5.39. The largest absolute Gasteiger partial charge is 0.484 e. The lowest BCUT2D eigenvalue weighted by Crippen LogP contribution is -2.25. The molecule has 2 aromatic carbocycles. The number of hydrogen-bond acceptors (Lipinski definition) is 4. The van der Waals surface area contributed by atoms with Crippen molar-refractivity contribution in [3.8, 4) is 5.75 Å². The number of nitrogens with zero attached hydrogens (tertiary/aromatic N) is 1. The molecule has 0 aromatic heterocycles. The number of carbonyl (C=O) groups is 1. The van der Waals surface area contributed by atoms with Crippen molar-refractivity contribution in [2.75, 3.05) is 12.3 Å². The van der Waals surface area contributed by atoms with Crippen LogP contribution >= 0.6 is 0 Å². The standard InChI is InChI=1S/C18H21N3O2/c1-12-4-9-17(10-13(12)2)23-11-18(22)21-20-14(3)15-5-7-16(19)8-6-15/h4-10H,11,19H2,1-3H3,(H,21,22)/b20-14-. The van der Waals surface area contributed by atoms with Crippen LogP contribution in [0.25, 0.3) is 0 Å². The van der Waals surface area contributed by atoms with E-state index >= 15 is 0 Å². The highest BCUT2D eigenvalue weighted by Crippen LogP contribution is 2.16. The van der Waals surface area contributed by atoms with E-state index in [2.05, 4.69) is 10.5 Å². The van der Waals surface area contributed by atoms with Gasteiger partial charge in [0.25, 0.3) is 5.91 Å². The van der Waals surface area contributed by atoms with E-state index in [4.69, 9.17) is 10.5 Å². The maximum Gasteiger partial charge on any atom is 0.277 e. The molecule has 120 valence electrons. The van der Waals surface area contributed by atoms with Crippen LogP contribution in [0.15, 0.2) is 47.6 Å². The highest BCUT2D eigenvalue weighted by Gasteiger charge is 2.04. The van der Waals surface area contributed by atoms with Gasteiger partial charge in [-0.05, 0) is 61.7 Å². The molecule has 5 nitrogen and oxygen atoms in total. The summed E-state index contributed by atoms with van der Waals surface area (Å²) in [5.74, 6) is 0.362. The summed E-state index contributed by atoms with van der Waals surface area (Å²) >= 11 is 0. The number of hydrazone groups is 1. The van der Waals surface area contributed by atoms with Gasteiger partial charge >= 0.3 is 0 Å². The number of ether oxygens (including phenoxy) is 1. The fourth-order valence-electron chi connectivity index (χ4n) is 1.92. The first-order valence-electron chi connectivity index (χ1n) is 7.35. The van der Waals surface area contributed by atoms with Gasteiger partial charge in [0.05, 0.1) is 5.71 Å². The molecule has 0 saturated carbocycles. The summed E-state index contributed by atoms with van der Waals surface area (Å²) in [5.41, 5.74) is 12.7. The van der Waals surface area contributed by atoms with Gasteiger partial charge in [0.2, 0.25) is 0 Å². The van der Waals surface area contributed by atoms with Gasteiger partial charge < -0.3 is 10.5 Å². The summed E-state index contributed by atoms with van der Waals surface area (Å²) in [6, 6.07) is 13.0. The zero-order valence-electron chi connectivity index (χ0n) is 13.6. The number of rotatable bonds is 5. The molecule has 2 rings (SSSR count). The van der Waals surface area contributed by atoms with Crippen molar-refractivity contribution < 1.29 is 9.53 Å². The summed E-state index contributed by atoms with van der Waals surface area (Å²) in [6.07, 6.45) is 0. The van der Waals surface area contributed by atoms with E-state index in [1.807, 2.05) is 51.1 Å². The maximum atomic E-state index is 11.8. The Morgan fingerprint density at radius 3 is 2.48 bits per heavy atom. The molecule has 0 saturated heterocycles. The normalized spacial score (nSPS) is 11.2. The number of amides is 1. The molecule has 1 amide bonds. The number of carbonyl (C=O) groups excluding carboxylic acids is 1. The molecule has 0 atom stereocenters. The molecule has 0 fully saturated rings. The Hall–Kier alpha value is -2.82. The van der Waals surface area contributed by atoms with Crippen LogP contribution in [0.4, 0.5) is 5.69 Å². The van der Waals surface area contributed by atoms with Gasteiger partial charge in [-0.1, -0.05) is 18.2 Å². The lowest BCUT2D eigenvalue weighted by molar-refractivity contribution is -0.123. The predicted molar refractivity (Wildman–Crippen MR) is 92.6 cm³/mol. The van der Waals surface area contributed by atoms with Gasteiger partial charge in [0.15, 0.2) is 6.61 Å². The van der Waals surface area contributed by atoms with Gasteiger partial charge in [-0.25, -0.2) is 5.43 Å². The summed E-state index contributed by atoms with van der Waals surface area (Å²) in [7, 11) is 0. The number of nitrogen functional groups attached to an aromatic ring is 1. The van der Waals surface area contributed by atoms with Crippen LogP contribution < -0.4 is 15.9 Å².